The Bertz CT molecular complexity index is 464. The van der Waals surface area contributed by atoms with Gasteiger partial charge in [-0.1, -0.05) is 19.3 Å². The summed E-state index contributed by atoms with van der Waals surface area (Å²) in [7, 11) is 1.44. The Balaban J connectivity index is 2.25. The Kier molecular flexibility index (Phi) is 3.96. The van der Waals surface area contributed by atoms with Crippen LogP contribution in [0.1, 0.15) is 46.8 Å². The average molecular weight is 293 g/mol. The Morgan fingerprint density at radius 2 is 2.00 bits per heavy atom. The van der Waals surface area contributed by atoms with Crippen molar-refractivity contribution in [2.45, 2.75) is 43.9 Å². The number of halogens is 3. The number of aromatic nitrogens is 1. The van der Waals surface area contributed by atoms with Crippen molar-refractivity contribution in [3.63, 3.8) is 0 Å². The van der Waals surface area contributed by atoms with Gasteiger partial charge >= 0.3 is 6.18 Å². The van der Waals surface area contributed by atoms with E-state index in [1.807, 2.05) is 0 Å². The lowest BCUT2D eigenvalue weighted by Crippen LogP contribution is -2.42. The van der Waals surface area contributed by atoms with Crippen LogP contribution in [0.25, 0.3) is 0 Å². The quantitative estimate of drug-likeness (QED) is 0.798. The summed E-state index contributed by atoms with van der Waals surface area (Å²) in [6, 6.07) is 0. The van der Waals surface area contributed by atoms with Gasteiger partial charge in [-0.25, -0.2) is 4.98 Å². The number of ether oxygens (including phenoxy) is 1. The van der Waals surface area contributed by atoms with E-state index >= 15 is 0 Å². The Morgan fingerprint density at radius 1 is 1.37 bits per heavy atom. The highest BCUT2D eigenvalue weighted by Gasteiger charge is 2.42. The molecule has 1 fully saturated rings. The van der Waals surface area contributed by atoms with Crippen LogP contribution in [0.3, 0.4) is 0 Å². The zero-order valence-electron chi connectivity index (χ0n) is 10.4. The highest BCUT2D eigenvalue weighted by Crippen LogP contribution is 2.38. The monoisotopic (exact) mass is 293 g/mol. The number of thiazole rings is 1. The van der Waals surface area contributed by atoms with Gasteiger partial charge in [-0.2, -0.15) is 13.2 Å². The molecule has 3 nitrogen and oxygen atoms in total. The van der Waals surface area contributed by atoms with Gasteiger partial charge in [0.15, 0.2) is 5.01 Å². The number of hydrogen-bond acceptors (Lipinski definition) is 4. The molecule has 1 aromatic heterocycles. The first-order valence-corrected chi connectivity index (χ1v) is 6.84. The molecular formula is C12H14F3NO2S. The van der Waals surface area contributed by atoms with Gasteiger partial charge < -0.3 is 4.74 Å². The van der Waals surface area contributed by atoms with Crippen molar-refractivity contribution in [2.75, 3.05) is 7.11 Å². The zero-order valence-corrected chi connectivity index (χ0v) is 11.2. The number of methoxy groups -OCH3 is 1. The van der Waals surface area contributed by atoms with Gasteiger partial charge in [-0.3, -0.25) is 4.79 Å². The number of Topliss-reactive ketones (excluding diaryl/α,β-unsaturated/α-hetero) is 1. The van der Waals surface area contributed by atoms with Crippen LogP contribution >= 0.6 is 11.3 Å². The number of alkyl halides is 3. The summed E-state index contributed by atoms with van der Waals surface area (Å²) in [5.74, 6) is -0.373. The van der Waals surface area contributed by atoms with Crippen LogP contribution < -0.4 is 0 Å². The Morgan fingerprint density at radius 3 is 2.47 bits per heavy atom. The van der Waals surface area contributed by atoms with Gasteiger partial charge in [-0.05, 0) is 12.8 Å². The summed E-state index contributed by atoms with van der Waals surface area (Å²) in [5.41, 5.74) is -0.965. The molecule has 1 saturated carbocycles. The standard InChI is InChI=1S/C12H14F3NO2S/c1-18-11(5-3-2-4-6-11)9(17)8-7-16-10(19-8)12(13,14)15/h7H,2-6H2,1H3. The third kappa shape index (κ3) is 2.81. The fourth-order valence-corrected chi connectivity index (χ4v) is 3.19. The molecule has 0 N–H and O–H groups in total. The summed E-state index contributed by atoms with van der Waals surface area (Å²) >= 11 is 0.390. The maximum Gasteiger partial charge on any atom is 0.443 e. The van der Waals surface area contributed by atoms with Crippen molar-refractivity contribution in [2.24, 2.45) is 0 Å². The summed E-state index contributed by atoms with van der Waals surface area (Å²) in [6.07, 6.45) is 0.342. The van der Waals surface area contributed by atoms with Gasteiger partial charge in [0.25, 0.3) is 0 Å². The first kappa shape index (κ1) is 14.5. The second kappa shape index (κ2) is 5.20. The lowest BCUT2D eigenvalue weighted by Gasteiger charge is -2.33. The first-order valence-electron chi connectivity index (χ1n) is 6.02. The van der Waals surface area contributed by atoms with Crippen LogP contribution in [0.5, 0.6) is 0 Å². The number of ketones is 1. The molecule has 1 aromatic rings. The van der Waals surface area contributed by atoms with Crippen molar-refractivity contribution in [3.05, 3.63) is 16.1 Å². The summed E-state index contributed by atoms with van der Waals surface area (Å²) in [5, 5.41) is -0.988. The lowest BCUT2D eigenvalue weighted by atomic mass is 9.81. The topological polar surface area (TPSA) is 39.2 Å². The Labute approximate surface area is 112 Å². The Hall–Kier alpha value is -0.950. The molecule has 0 spiro atoms. The molecule has 0 bridgehead atoms. The van der Waals surface area contributed by atoms with Crippen LogP contribution in [0.15, 0.2) is 6.20 Å². The summed E-state index contributed by atoms with van der Waals surface area (Å²) in [6.45, 7) is 0. The minimum Gasteiger partial charge on any atom is -0.370 e. The molecule has 1 heterocycles. The predicted octanol–water partition coefficient (Wildman–Crippen LogP) is 3.69. The molecule has 0 atom stereocenters. The van der Waals surface area contributed by atoms with Gasteiger partial charge in [0.1, 0.15) is 5.60 Å². The van der Waals surface area contributed by atoms with Crippen molar-refractivity contribution < 1.29 is 22.7 Å². The molecular weight excluding hydrogens is 279 g/mol. The van der Waals surface area contributed by atoms with Crippen LogP contribution in [0, 0.1) is 0 Å². The molecule has 0 unspecified atom stereocenters. The molecule has 19 heavy (non-hydrogen) atoms. The number of carbonyl (C=O) groups excluding carboxylic acids is 1. The predicted molar refractivity (Wildman–Crippen MR) is 64.3 cm³/mol. The molecule has 0 aromatic carbocycles. The summed E-state index contributed by atoms with van der Waals surface area (Å²) in [4.78, 5) is 15.7. The summed E-state index contributed by atoms with van der Waals surface area (Å²) < 4.78 is 42.8. The largest absolute Gasteiger partial charge is 0.443 e. The average Bonchev–Trinajstić information content (AvgIpc) is 2.88. The van der Waals surface area contributed by atoms with E-state index in [9.17, 15) is 18.0 Å². The maximum absolute atomic E-state index is 12.5. The zero-order chi connectivity index (χ0) is 14.1. The van der Waals surface area contributed by atoms with E-state index in [1.165, 1.54) is 7.11 Å². The van der Waals surface area contributed by atoms with Crippen molar-refractivity contribution >= 4 is 17.1 Å². The maximum atomic E-state index is 12.5. The highest BCUT2D eigenvalue weighted by atomic mass is 32.1. The van der Waals surface area contributed by atoms with E-state index in [4.69, 9.17) is 4.74 Å². The second-order valence-corrected chi connectivity index (χ2v) is 5.65. The fraction of sp³-hybridized carbons (Fsp3) is 0.667. The van der Waals surface area contributed by atoms with Crippen LogP contribution in [0.4, 0.5) is 13.2 Å². The third-order valence-electron chi connectivity index (χ3n) is 3.44. The number of hydrogen-bond donors (Lipinski definition) is 0. The SMILES string of the molecule is COC1(C(=O)c2cnc(C(F)(F)F)s2)CCCCC1. The third-order valence-corrected chi connectivity index (χ3v) is 4.48. The molecule has 2 rings (SSSR count). The van der Waals surface area contributed by atoms with Crippen LogP contribution in [-0.2, 0) is 10.9 Å². The van der Waals surface area contributed by atoms with E-state index in [0.717, 1.165) is 25.5 Å². The van der Waals surface area contributed by atoms with Crippen LogP contribution in [0.2, 0.25) is 0 Å². The fourth-order valence-electron chi connectivity index (χ4n) is 2.38. The molecule has 0 aliphatic heterocycles. The molecule has 7 heteroatoms. The van der Waals surface area contributed by atoms with Crippen molar-refractivity contribution in [1.82, 2.24) is 4.98 Å². The minimum atomic E-state index is -4.50. The molecule has 1 aliphatic carbocycles. The number of rotatable bonds is 3. The first-order chi connectivity index (χ1) is 8.89. The van der Waals surface area contributed by atoms with E-state index in [1.54, 1.807) is 0 Å². The normalized spacial score (nSPS) is 19.4. The molecule has 0 amide bonds. The second-order valence-electron chi connectivity index (χ2n) is 4.62. The van der Waals surface area contributed by atoms with Crippen LogP contribution in [-0.4, -0.2) is 23.5 Å². The molecule has 1 aliphatic rings. The van der Waals surface area contributed by atoms with Gasteiger partial charge in [-0.15, -0.1) is 11.3 Å². The van der Waals surface area contributed by atoms with E-state index < -0.39 is 16.8 Å². The van der Waals surface area contributed by atoms with Gasteiger partial charge in [0.05, 0.1) is 4.88 Å². The number of carbonyl (C=O) groups is 1. The smallest absolute Gasteiger partial charge is 0.370 e. The lowest BCUT2D eigenvalue weighted by molar-refractivity contribution is -0.137. The van der Waals surface area contributed by atoms with Gasteiger partial charge in [0.2, 0.25) is 5.78 Å². The molecule has 0 radical (unpaired) electrons. The van der Waals surface area contributed by atoms with E-state index in [-0.39, 0.29) is 10.7 Å². The minimum absolute atomic E-state index is 0.0241. The highest BCUT2D eigenvalue weighted by molar-refractivity contribution is 7.13. The molecule has 0 saturated heterocycles. The van der Waals surface area contributed by atoms with Crippen molar-refractivity contribution in [1.29, 1.82) is 0 Å². The van der Waals surface area contributed by atoms with E-state index in [0.29, 0.717) is 24.2 Å². The van der Waals surface area contributed by atoms with E-state index in [2.05, 4.69) is 4.98 Å². The number of nitrogens with zero attached hydrogens (tertiary/aromatic N) is 1. The van der Waals surface area contributed by atoms with Crippen molar-refractivity contribution in [3.8, 4) is 0 Å². The molecule has 106 valence electrons. The van der Waals surface area contributed by atoms with Gasteiger partial charge in [0, 0.05) is 13.3 Å².